The Morgan fingerprint density at radius 2 is 1.96 bits per heavy atom. The van der Waals surface area contributed by atoms with Gasteiger partial charge in [0, 0.05) is 37.4 Å². The number of aromatic nitrogens is 3. The third-order valence-electron chi connectivity index (χ3n) is 4.06. The van der Waals surface area contributed by atoms with Crippen molar-refractivity contribution in [3.05, 3.63) is 30.1 Å². The van der Waals surface area contributed by atoms with Gasteiger partial charge in [0.1, 0.15) is 5.82 Å². The van der Waals surface area contributed by atoms with Crippen LogP contribution in [0.15, 0.2) is 24.3 Å². The summed E-state index contributed by atoms with van der Waals surface area (Å²) in [6.45, 7) is 5.80. The molecular formula is C17H22N6O3. The van der Waals surface area contributed by atoms with Crippen molar-refractivity contribution < 1.29 is 14.3 Å². The molecule has 9 heteroatoms. The molecule has 1 saturated heterocycles. The van der Waals surface area contributed by atoms with Crippen molar-refractivity contribution in [1.82, 2.24) is 25.0 Å². The largest absolute Gasteiger partial charge is 0.450 e. The maximum atomic E-state index is 12.5. The minimum atomic E-state index is -0.331. The van der Waals surface area contributed by atoms with E-state index in [-0.39, 0.29) is 12.1 Å². The van der Waals surface area contributed by atoms with Crippen LogP contribution in [0.2, 0.25) is 0 Å². The third-order valence-corrected chi connectivity index (χ3v) is 4.06. The van der Waals surface area contributed by atoms with Crippen LogP contribution >= 0.6 is 0 Å². The van der Waals surface area contributed by atoms with E-state index in [1.165, 1.54) is 0 Å². The average molecular weight is 358 g/mol. The lowest BCUT2D eigenvalue weighted by Crippen LogP contribution is -2.51. The topological polar surface area (TPSA) is 103 Å². The zero-order chi connectivity index (χ0) is 18.5. The second kappa shape index (κ2) is 7.85. The highest BCUT2D eigenvalue weighted by atomic mass is 16.6. The number of nitrogens with one attached hydrogen (secondary N) is 2. The molecule has 0 radical (unpaired) electrons. The van der Waals surface area contributed by atoms with E-state index in [1.54, 1.807) is 16.7 Å². The van der Waals surface area contributed by atoms with E-state index in [0.717, 1.165) is 11.4 Å². The van der Waals surface area contributed by atoms with E-state index in [1.807, 2.05) is 31.2 Å². The molecule has 2 N–H and O–H groups in total. The van der Waals surface area contributed by atoms with Gasteiger partial charge in [-0.15, -0.1) is 0 Å². The monoisotopic (exact) mass is 358 g/mol. The summed E-state index contributed by atoms with van der Waals surface area (Å²) in [7, 11) is 0. The number of hydrogen-bond donors (Lipinski definition) is 2. The van der Waals surface area contributed by atoms with Crippen molar-refractivity contribution in [3.8, 4) is 11.4 Å². The van der Waals surface area contributed by atoms with Gasteiger partial charge in [0.25, 0.3) is 0 Å². The van der Waals surface area contributed by atoms with Crippen molar-refractivity contribution >= 4 is 17.8 Å². The first-order valence-electron chi connectivity index (χ1n) is 8.54. The number of piperazine rings is 1. The van der Waals surface area contributed by atoms with E-state index in [2.05, 4.69) is 20.5 Å². The van der Waals surface area contributed by atoms with E-state index in [0.29, 0.717) is 44.3 Å². The highest BCUT2D eigenvalue weighted by molar-refractivity contribution is 5.90. The Hall–Kier alpha value is -3.10. The van der Waals surface area contributed by atoms with Crippen LogP contribution in [-0.4, -0.2) is 69.9 Å². The SMILES string of the molecule is CCOC(=O)N1CCN(C(=O)Nc2cccc(-c3n[nH]c(C)n3)c2)CC1. The second-order valence-electron chi connectivity index (χ2n) is 5.93. The lowest BCUT2D eigenvalue weighted by Gasteiger charge is -2.34. The van der Waals surface area contributed by atoms with Crippen LogP contribution in [0, 0.1) is 6.92 Å². The molecule has 1 aromatic carbocycles. The molecule has 2 heterocycles. The highest BCUT2D eigenvalue weighted by Gasteiger charge is 2.24. The zero-order valence-electron chi connectivity index (χ0n) is 14.9. The Balaban J connectivity index is 1.58. The molecule has 0 aliphatic carbocycles. The van der Waals surface area contributed by atoms with Gasteiger partial charge in [-0.3, -0.25) is 5.10 Å². The van der Waals surface area contributed by atoms with E-state index in [4.69, 9.17) is 4.74 Å². The lowest BCUT2D eigenvalue weighted by molar-refractivity contribution is 0.0868. The smallest absolute Gasteiger partial charge is 0.409 e. The molecule has 26 heavy (non-hydrogen) atoms. The van der Waals surface area contributed by atoms with Crippen molar-refractivity contribution in [1.29, 1.82) is 0 Å². The lowest BCUT2D eigenvalue weighted by atomic mass is 10.2. The maximum absolute atomic E-state index is 12.5. The Kier molecular flexibility index (Phi) is 5.35. The van der Waals surface area contributed by atoms with E-state index >= 15 is 0 Å². The third kappa shape index (κ3) is 4.11. The summed E-state index contributed by atoms with van der Waals surface area (Å²) in [6, 6.07) is 7.17. The molecule has 1 aliphatic rings. The van der Waals surface area contributed by atoms with Crippen molar-refractivity contribution in [3.63, 3.8) is 0 Å². The van der Waals surface area contributed by atoms with E-state index in [9.17, 15) is 9.59 Å². The Morgan fingerprint density at radius 1 is 1.23 bits per heavy atom. The summed E-state index contributed by atoms with van der Waals surface area (Å²) in [4.78, 5) is 31.8. The van der Waals surface area contributed by atoms with Gasteiger partial charge in [-0.2, -0.15) is 5.10 Å². The number of carbonyl (C=O) groups is 2. The Bertz CT molecular complexity index is 782. The van der Waals surface area contributed by atoms with Crippen LogP contribution in [-0.2, 0) is 4.74 Å². The van der Waals surface area contributed by atoms with E-state index < -0.39 is 0 Å². The predicted molar refractivity (Wildman–Crippen MR) is 95.7 cm³/mol. The summed E-state index contributed by atoms with van der Waals surface area (Å²) >= 11 is 0. The first-order valence-corrected chi connectivity index (χ1v) is 8.54. The van der Waals surface area contributed by atoms with Gasteiger partial charge >= 0.3 is 12.1 Å². The number of amides is 3. The van der Waals surface area contributed by atoms with Crippen molar-refractivity contribution in [2.75, 3.05) is 38.1 Å². The quantitative estimate of drug-likeness (QED) is 0.874. The standard InChI is InChI=1S/C17H22N6O3/c1-3-26-17(25)23-9-7-22(8-10-23)16(24)19-14-6-4-5-13(11-14)15-18-12(2)20-21-15/h4-6,11H,3,7-10H2,1-2H3,(H,19,24)(H,18,20,21). The van der Waals surface area contributed by atoms with Crippen LogP contribution in [0.5, 0.6) is 0 Å². The fourth-order valence-corrected chi connectivity index (χ4v) is 2.72. The molecule has 0 unspecified atom stereocenters. The number of anilines is 1. The molecule has 1 fully saturated rings. The van der Waals surface area contributed by atoms with Gasteiger partial charge in [-0.1, -0.05) is 12.1 Å². The number of benzene rings is 1. The second-order valence-corrected chi connectivity index (χ2v) is 5.93. The number of aryl methyl sites for hydroxylation is 1. The molecule has 0 spiro atoms. The number of ether oxygens (including phenoxy) is 1. The molecule has 0 atom stereocenters. The summed E-state index contributed by atoms with van der Waals surface area (Å²) in [5.41, 5.74) is 1.49. The molecule has 1 aliphatic heterocycles. The minimum Gasteiger partial charge on any atom is -0.450 e. The van der Waals surface area contributed by atoms with Gasteiger partial charge in [0.05, 0.1) is 6.61 Å². The molecule has 3 rings (SSSR count). The molecule has 2 aromatic rings. The van der Waals surface area contributed by atoms with Crippen LogP contribution < -0.4 is 5.32 Å². The summed E-state index contributed by atoms with van der Waals surface area (Å²) < 4.78 is 4.98. The maximum Gasteiger partial charge on any atom is 0.409 e. The van der Waals surface area contributed by atoms with Crippen LogP contribution in [0.4, 0.5) is 15.3 Å². The summed E-state index contributed by atoms with van der Waals surface area (Å²) in [6.07, 6.45) is -0.331. The normalized spacial score (nSPS) is 14.2. The molecular weight excluding hydrogens is 336 g/mol. The molecule has 1 aromatic heterocycles. The number of nitrogens with zero attached hydrogens (tertiary/aromatic N) is 4. The molecule has 138 valence electrons. The van der Waals surface area contributed by atoms with Gasteiger partial charge in [-0.25, -0.2) is 14.6 Å². The average Bonchev–Trinajstić information content (AvgIpc) is 3.09. The number of urea groups is 1. The van der Waals surface area contributed by atoms with Gasteiger partial charge in [-0.05, 0) is 26.0 Å². The first kappa shape index (κ1) is 17.7. The summed E-state index contributed by atoms with van der Waals surface area (Å²) in [5, 5.41) is 9.81. The number of rotatable bonds is 3. The number of hydrogen-bond acceptors (Lipinski definition) is 5. The zero-order valence-corrected chi connectivity index (χ0v) is 14.9. The molecule has 3 amide bonds. The summed E-state index contributed by atoms with van der Waals surface area (Å²) in [5.74, 6) is 1.32. The number of carbonyl (C=O) groups excluding carboxylic acids is 2. The van der Waals surface area contributed by atoms with Crippen LogP contribution in [0.3, 0.4) is 0 Å². The molecule has 0 bridgehead atoms. The molecule has 9 nitrogen and oxygen atoms in total. The minimum absolute atomic E-state index is 0.197. The number of H-pyrrole nitrogens is 1. The van der Waals surface area contributed by atoms with Gasteiger partial charge in [0.15, 0.2) is 5.82 Å². The fraction of sp³-hybridized carbons (Fsp3) is 0.412. The van der Waals surface area contributed by atoms with Gasteiger partial charge in [0.2, 0.25) is 0 Å². The van der Waals surface area contributed by atoms with Crippen LogP contribution in [0.25, 0.3) is 11.4 Å². The Labute approximate surface area is 151 Å². The van der Waals surface area contributed by atoms with Crippen molar-refractivity contribution in [2.24, 2.45) is 0 Å². The molecule has 0 saturated carbocycles. The van der Waals surface area contributed by atoms with Crippen molar-refractivity contribution in [2.45, 2.75) is 13.8 Å². The highest BCUT2D eigenvalue weighted by Crippen LogP contribution is 2.19. The van der Waals surface area contributed by atoms with Gasteiger partial charge < -0.3 is 19.9 Å². The van der Waals surface area contributed by atoms with Crippen LogP contribution in [0.1, 0.15) is 12.7 Å². The number of aromatic amines is 1. The predicted octanol–water partition coefficient (Wildman–Crippen LogP) is 2.09. The first-order chi connectivity index (χ1) is 12.6. The Morgan fingerprint density at radius 3 is 2.62 bits per heavy atom. The fourth-order valence-electron chi connectivity index (χ4n) is 2.72.